The fourth-order valence-corrected chi connectivity index (χ4v) is 10.5. The van der Waals surface area contributed by atoms with Gasteiger partial charge < -0.3 is 0 Å². The predicted molar refractivity (Wildman–Crippen MR) is 143 cm³/mol. The molecule has 0 aliphatic rings. The van der Waals surface area contributed by atoms with Crippen molar-refractivity contribution in [2.75, 3.05) is 6.16 Å². The molecule has 0 aliphatic heterocycles. The van der Waals surface area contributed by atoms with Gasteiger partial charge in [-0.05, 0) is 0 Å². The van der Waals surface area contributed by atoms with Gasteiger partial charge in [-0.2, -0.15) is 0 Å². The molecule has 0 aliphatic carbocycles. The second kappa shape index (κ2) is 9.72. The maximum atomic E-state index is 13.6. The molecular formula is C30H39OP. The molecular weight excluding hydrogens is 407 g/mol. The van der Waals surface area contributed by atoms with Crippen molar-refractivity contribution < 1.29 is 4.79 Å². The molecule has 3 aromatic carbocycles. The average Bonchev–Trinajstić information content (AvgIpc) is 2.83. The molecule has 170 valence electrons. The molecule has 0 amide bonds. The first-order valence-corrected chi connectivity index (χ1v) is 14.1. The Morgan fingerprint density at radius 2 is 1.06 bits per heavy atom. The molecule has 0 heterocycles. The molecule has 0 fully saturated rings. The van der Waals surface area contributed by atoms with Crippen LogP contribution in [-0.4, -0.2) is 11.9 Å². The van der Waals surface area contributed by atoms with Crippen molar-refractivity contribution in [2.45, 2.75) is 48.0 Å². The SMILES string of the molecule is CCC(C)(C)C(=O)C(C)C(C)(C)C[PH](c1ccccc1)(c1ccccc1)c1ccccc1. The third-order valence-corrected chi connectivity index (χ3v) is 13.0. The molecule has 0 radical (unpaired) electrons. The summed E-state index contributed by atoms with van der Waals surface area (Å²) in [6, 6.07) is 33.0. The van der Waals surface area contributed by atoms with Crippen LogP contribution in [0, 0.1) is 16.7 Å². The van der Waals surface area contributed by atoms with Gasteiger partial charge >= 0.3 is 196 Å². The summed E-state index contributed by atoms with van der Waals surface area (Å²) < 4.78 is 0. The normalized spacial score (nSPS) is 14.1. The Kier molecular flexibility index (Phi) is 7.41. The molecule has 3 rings (SSSR count). The van der Waals surface area contributed by atoms with E-state index in [1.807, 2.05) is 0 Å². The molecule has 0 N–H and O–H groups in total. The van der Waals surface area contributed by atoms with Gasteiger partial charge in [0.15, 0.2) is 0 Å². The standard InChI is InChI=1S/C30H39OP/c1-7-29(3,4)28(31)24(2)30(5,6)23-32(25-17-11-8-12-18-25,26-19-13-9-14-20-26)27-21-15-10-16-22-27/h8-22,24,32H,7,23H2,1-6H3. The molecule has 0 spiro atoms. The van der Waals surface area contributed by atoms with Crippen LogP contribution in [0.1, 0.15) is 48.0 Å². The van der Waals surface area contributed by atoms with E-state index < -0.39 is 7.26 Å². The molecule has 3 aromatic rings. The number of hydrogen-bond donors (Lipinski definition) is 0. The zero-order valence-corrected chi connectivity index (χ0v) is 21.6. The molecule has 0 bridgehead atoms. The monoisotopic (exact) mass is 446 g/mol. The second-order valence-corrected chi connectivity index (χ2v) is 14.4. The number of ketones is 1. The van der Waals surface area contributed by atoms with Crippen LogP contribution in [0.5, 0.6) is 0 Å². The Balaban J connectivity index is 2.22. The topological polar surface area (TPSA) is 17.1 Å². The first-order valence-electron chi connectivity index (χ1n) is 11.9. The van der Waals surface area contributed by atoms with Crippen molar-refractivity contribution in [2.24, 2.45) is 16.7 Å². The van der Waals surface area contributed by atoms with Gasteiger partial charge in [-0.25, -0.2) is 0 Å². The van der Waals surface area contributed by atoms with E-state index in [-0.39, 0.29) is 16.7 Å². The van der Waals surface area contributed by atoms with Gasteiger partial charge in [0.2, 0.25) is 0 Å². The van der Waals surface area contributed by atoms with Crippen LogP contribution < -0.4 is 15.9 Å². The summed E-state index contributed by atoms with van der Waals surface area (Å²) in [5, 5.41) is 4.21. The van der Waals surface area contributed by atoms with Crippen molar-refractivity contribution in [1.82, 2.24) is 0 Å². The maximum absolute atomic E-state index is 13.6. The van der Waals surface area contributed by atoms with Crippen LogP contribution in [0.25, 0.3) is 0 Å². The zero-order valence-electron chi connectivity index (χ0n) is 20.6. The van der Waals surface area contributed by atoms with Crippen molar-refractivity contribution in [3.8, 4) is 0 Å². The molecule has 0 saturated heterocycles. The molecule has 1 unspecified atom stereocenters. The van der Waals surface area contributed by atoms with Gasteiger partial charge in [-0.1, -0.05) is 0 Å². The van der Waals surface area contributed by atoms with E-state index in [4.69, 9.17) is 0 Å². The Bertz CT molecular complexity index is 910. The number of carbonyl (C=O) groups excluding carboxylic acids is 1. The Morgan fingerprint density at radius 3 is 1.38 bits per heavy atom. The van der Waals surface area contributed by atoms with Crippen molar-refractivity contribution in [3.05, 3.63) is 91.0 Å². The van der Waals surface area contributed by atoms with Crippen LogP contribution >= 0.6 is 7.26 Å². The summed E-state index contributed by atoms with van der Waals surface area (Å²) in [6.07, 6.45) is 1.84. The first kappa shape index (κ1) is 24.4. The summed E-state index contributed by atoms with van der Waals surface area (Å²) in [4.78, 5) is 13.6. The van der Waals surface area contributed by atoms with E-state index in [0.717, 1.165) is 12.6 Å². The van der Waals surface area contributed by atoms with E-state index >= 15 is 0 Å². The Labute approximate surface area is 195 Å². The van der Waals surface area contributed by atoms with E-state index in [1.54, 1.807) is 0 Å². The third-order valence-electron chi connectivity index (χ3n) is 7.64. The van der Waals surface area contributed by atoms with Gasteiger partial charge in [-0.3, -0.25) is 0 Å². The molecule has 1 atom stereocenters. The first-order chi connectivity index (χ1) is 15.1. The summed E-state index contributed by atoms with van der Waals surface area (Å²) in [7, 11) is -2.39. The van der Waals surface area contributed by atoms with E-state index in [2.05, 4.69) is 133 Å². The van der Waals surface area contributed by atoms with Crippen LogP contribution in [0.3, 0.4) is 0 Å². The van der Waals surface area contributed by atoms with E-state index in [1.165, 1.54) is 15.9 Å². The molecule has 32 heavy (non-hydrogen) atoms. The Morgan fingerprint density at radius 1 is 0.719 bits per heavy atom. The molecule has 0 saturated carbocycles. The van der Waals surface area contributed by atoms with Crippen LogP contribution in [0.15, 0.2) is 91.0 Å². The quantitative estimate of drug-likeness (QED) is 0.349. The van der Waals surface area contributed by atoms with Crippen molar-refractivity contribution in [1.29, 1.82) is 0 Å². The van der Waals surface area contributed by atoms with Crippen LogP contribution in [0.4, 0.5) is 0 Å². The Hall–Kier alpha value is -2.24. The van der Waals surface area contributed by atoms with Crippen molar-refractivity contribution in [3.63, 3.8) is 0 Å². The van der Waals surface area contributed by atoms with E-state index in [9.17, 15) is 4.79 Å². The number of rotatable bonds is 9. The van der Waals surface area contributed by atoms with Crippen LogP contribution in [0.2, 0.25) is 0 Å². The second-order valence-electron chi connectivity index (χ2n) is 10.5. The predicted octanol–water partition coefficient (Wildman–Crippen LogP) is 6.38. The molecule has 0 aromatic heterocycles. The summed E-state index contributed by atoms with van der Waals surface area (Å²) >= 11 is 0. The number of carbonyl (C=O) groups is 1. The molecule has 1 nitrogen and oxygen atoms in total. The van der Waals surface area contributed by atoms with E-state index in [0.29, 0.717) is 5.78 Å². The third kappa shape index (κ3) is 4.74. The minimum atomic E-state index is -2.39. The fraction of sp³-hybridized carbons (Fsp3) is 0.367. The summed E-state index contributed by atoms with van der Waals surface area (Å²) in [5.74, 6) is 0.350. The van der Waals surface area contributed by atoms with Gasteiger partial charge in [0.05, 0.1) is 0 Å². The summed E-state index contributed by atoms with van der Waals surface area (Å²) in [5.41, 5.74) is -0.454. The summed E-state index contributed by atoms with van der Waals surface area (Å²) in [6.45, 7) is 13.1. The average molecular weight is 447 g/mol. The van der Waals surface area contributed by atoms with Crippen molar-refractivity contribution >= 4 is 29.0 Å². The van der Waals surface area contributed by atoms with Gasteiger partial charge in [0.1, 0.15) is 0 Å². The van der Waals surface area contributed by atoms with Crippen LogP contribution in [-0.2, 0) is 4.79 Å². The zero-order chi connectivity index (χ0) is 23.4. The minimum absolute atomic E-state index is 0.0274. The number of hydrogen-bond acceptors (Lipinski definition) is 1. The van der Waals surface area contributed by atoms with Gasteiger partial charge in [0.25, 0.3) is 0 Å². The van der Waals surface area contributed by atoms with Gasteiger partial charge in [0, 0.05) is 0 Å². The number of Topliss-reactive ketones (excluding diaryl/α,β-unsaturated/α-hetero) is 1. The number of benzene rings is 3. The fourth-order valence-electron chi connectivity index (χ4n) is 4.93. The molecule has 2 heteroatoms. The van der Waals surface area contributed by atoms with Gasteiger partial charge in [-0.15, -0.1) is 0 Å².